The first-order chi connectivity index (χ1) is 14.8. The first-order valence-corrected chi connectivity index (χ1v) is 9.34. The Kier molecular flexibility index (Phi) is 8.39. The Bertz CT molecular complexity index is 922. The van der Waals surface area contributed by atoms with Gasteiger partial charge >= 0.3 is 11.9 Å². The van der Waals surface area contributed by atoms with Gasteiger partial charge in [-0.25, -0.2) is 9.59 Å². The summed E-state index contributed by atoms with van der Waals surface area (Å²) in [7, 11) is 5.42. The maximum Gasteiger partial charge on any atom is 0.337 e. The van der Waals surface area contributed by atoms with Gasteiger partial charge in [0.05, 0.1) is 45.7 Å². The van der Waals surface area contributed by atoms with Crippen molar-refractivity contribution in [3.05, 3.63) is 53.1 Å². The van der Waals surface area contributed by atoms with Crippen molar-refractivity contribution in [3.8, 4) is 11.5 Å². The van der Waals surface area contributed by atoms with Gasteiger partial charge in [-0.3, -0.25) is 4.79 Å². The van der Waals surface area contributed by atoms with Gasteiger partial charge in [0, 0.05) is 23.7 Å². The van der Waals surface area contributed by atoms with E-state index in [9.17, 15) is 19.5 Å². The van der Waals surface area contributed by atoms with Crippen molar-refractivity contribution in [2.75, 3.05) is 33.8 Å². The molecule has 9 heteroatoms. The zero-order valence-corrected chi connectivity index (χ0v) is 17.8. The third kappa shape index (κ3) is 6.19. The number of methoxy groups -OCH3 is 4. The minimum Gasteiger partial charge on any atom is -0.497 e. The molecule has 0 heterocycles. The zero-order valence-electron chi connectivity index (χ0n) is 17.8. The van der Waals surface area contributed by atoms with Crippen molar-refractivity contribution in [2.45, 2.75) is 18.9 Å². The number of ether oxygens (including phenoxy) is 4. The van der Waals surface area contributed by atoms with E-state index in [-0.39, 0.29) is 29.7 Å². The second-order valence-electron chi connectivity index (χ2n) is 6.49. The summed E-state index contributed by atoms with van der Waals surface area (Å²) < 4.78 is 19.8. The van der Waals surface area contributed by atoms with E-state index in [4.69, 9.17) is 9.47 Å². The van der Waals surface area contributed by atoms with Gasteiger partial charge in [-0.05, 0) is 36.8 Å². The maximum atomic E-state index is 12.4. The third-order valence-corrected chi connectivity index (χ3v) is 4.50. The lowest BCUT2D eigenvalue weighted by Crippen LogP contribution is -2.15. The maximum absolute atomic E-state index is 12.4. The standard InChI is InChI=1S/C22H25NO8/c1-28-16-5-6-17(19(12-16)29-2)18(24)7-8-20(25)23-15-10-13(21(26)30-3)9-14(11-15)22(27)31-4/h5-6,9-12,18,24H,7-8H2,1-4H3,(H,23,25). The largest absolute Gasteiger partial charge is 0.497 e. The van der Waals surface area contributed by atoms with Crippen molar-refractivity contribution < 1.29 is 38.4 Å². The van der Waals surface area contributed by atoms with E-state index in [1.54, 1.807) is 18.2 Å². The summed E-state index contributed by atoms with van der Waals surface area (Å²) in [6, 6.07) is 9.09. The van der Waals surface area contributed by atoms with E-state index >= 15 is 0 Å². The molecule has 2 aromatic carbocycles. The van der Waals surface area contributed by atoms with Crippen LogP contribution in [-0.4, -0.2) is 51.4 Å². The number of aliphatic hydroxyl groups is 1. The van der Waals surface area contributed by atoms with Gasteiger partial charge < -0.3 is 29.4 Å². The van der Waals surface area contributed by atoms with Crippen LogP contribution in [0.5, 0.6) is 11.5 Å². The highest BCUT2D eigenvalue weighted by atomic mass is 16.5. The lowest BCUT2D eigenvalue weighted by molar-refractivity contribution is -0.116. The van der Waals surface area contributed by atoms with E-state index in [0.29, 0.717) is 17.1 Å². The van der Waals surface area contributed by atoms with Crippen molar-refractivity contribution >= 4 is 23.5 Å². The smallest absolute Gasteiger partial charge is 0.337 e. The van der Waals surface area contributed by atoms with Crippen LogP contribution in [0, 0.1) is 0 Å². The van der Waals surface area contributed by atoms with Gasteiger partial charge in [0.1, 0.15) is 11.5 Å². The molecule has 2 rings (SSSR count). The molecule has 0 spiro atoms. The summed E-state index contributed by atoms with van der Waals surface area (Å²) in [5.41, 5.74) is 0.925. The summed E-state index contributed by atoms with van der Waals surface area (Å²) in [6.45, 7) is 0. The van der Waals surface area contributed by atoms with Crippen LogP contribution >= 0.6 is 0 Å². The third-order valence-electron chi connectivity index (χ3n) is 4.50. The first-order valence-electron chi connectivity index (χ1n) is 9.34. The number of anilines is 1. The van der Waals surface area contributed by atoms with Gasteiger partial charge in [-0.15, -0.1) is 0 Å². The van der Waals surface area contributed by atoms with E-state index in [2.05, 4.69) is 14.8 Å². The van der Waals surface area contributed by atoms with Crippen LogP contribution in [0.3, 0.4) is 0 Å². The molecule has 166 valence electrons. The number of aliphatic hydroxyl groups excluding tert-OH is 1. The molecule has 1 amide bonds. The highest BCUT2D eigenvalue weighted by Crippen LogP contribution is 2.31. The quantitative estimate of drug-likeness (QED) is 0.582. The Morgan fingerprint density at radius 3 is 2.03 bits per heavy atom. The Balaban J connectivity index is 2.10. The van der Waals surface area contributed by atoms with Crippen LogP contribution < -0.4 is 14.8 Å². The van der Waals surface area contributed by atoms with Crippen molar-refractivity contribution in [2.24, 2.45) is 0 Å². The molecule has 0 aromatic heterocycles. The van der Waals surface area contributed by atoms with Crippen LogP contribution in [0.4, 0.5) is 5.69 Å². The normalized spacial score (nSPS) is 11.3. The fourth-order valence-electron chi connectivity index (χ4n) is 2.91. The van der Waals surface area contributed by atoms with Crippen LogP contribution in [0.15, 0.2) is 36.4 Å². The van der Waals surface area contributed by atoms with Gasteiger partial charge in [-0.1, -0.05) is 0 Å². The topological polar surface area (TPSA) is 120 Å². The summed E-state index contributed by atoms with van der Waals surface area (Å²) in [5.74, 6) is -0.714. The molecule has 2 aromatic rings. The van der Waals surface area contributed by atoms with Crippen molar-refractivity contribution in [3.63, 3.8) is 0 Å². The number of hydrogen-bond donors (Lipinski definition) is 2. The predicted octanol–water partition coefficient (Wildman–Crippen LogP) is 2.73. The van der Waals surface area contributed by atoms with Gasteiger partial charge in [0.15, 0.2) is 0 Å². The molecular formula is C22H25NO8. The number of esters is 2. The van der Waals surface area contributed by atoms with Crippen LogP contribution in [0.1, 0.15) is 45.2 Å². The highest BCUT2D eigenvalue weighted by molar-refractivity contribution is 5.99. The molecule has 0 bridgehead atoms. The fraction of sp³-hybridized carbons (Fsp3) is 0.318. The number of carbonyl (C=O) groups is 3. The van der Waals surface area contributed by atoms with Gasteiger partial charge in [0.25, 0.3) is 0 Å². The summed E-state index contributed by atoms with van der Waals surface area (Å²) in [5, 5.41) is 13.1. The second kappa shape index (κ2) is 11.0. The molecule has 0 saturated carbocycles. The molecule has 0 radical (unpaired) electrons. The number of hydrogen-bond acceptors (Lipinski definition) is 8. The zero-order chi connectivity index (χ0) is 23.0. The predicted molar refractivity (Wildman–Crippen MR) is 111 cm³/mol. The minimum atomic E-state index is -0.946. The van der Waals surface area contributed by atoms with E-state index < -0.39 is 23.9 Å². The fourth-order valence-corrected chi connectivity index (χ4v) is 2.91. The molecule has 0 aliphatic carbocycles. The molecule has 0 saturated heterocycles. The summed E-state index contributed by atoms with van der Waals surface area (Å²) in [6.07, 6.45) is -0.847. The molecule has 31 heavy (non-hydrogen) atoms. The van der Waals surface area contributed by atoms with Crippen LogP contribution in [-0.2, 0) is 14.3 Å². The van der Waals surface area contributed by atoms with Crippen molar-refractivity contribution in [1.82, 2.24) is 0 Å². The molecule has 9 nitrogen and oxygen atoms in total. The number of rotatable bonds is 9. The van der Waals surface area contributed by atoms with Crippen LogP contribution in [0.2, 0.25) is 0 Å². The summed E-state index contributed by atoms with van der Waals surface area (Å²) in [4.78, 5) is 36.1. The Morgan fingerprint density at radius 2 is 1.52 bits per heavy atom. The van der Waals surface area contributed by atoms with Gasteiger partial charge in [0.2, 0.25) is 5.91 Å². The molecular weight excluding hydrogens is 406 g/mol. The van der Waals surface area contributed by atoms with E-state index in [0.717, 1.165) is 0 Å². The SMILES string of the molecule is COC(=O)c1cc(NC(=O)CCC(O)c2ccc(OC)cc2OC)cc(C(=O)OC)c1. The monoisotopic (exact) mass is 431 g/mol. The number of benzene rings is 2. The van der Waals surface area contributed by atoms with E-state index in [1.807, 2.05) is 0 Å². The molecule has 1 atom stereocenters. The molecule has 0 aliphatic rings. The molecule has 1 unspecified atom stereocenters. The molecule has 0 fully saturated rings. The second-order valence-corrected chi connectivity index (χ2v) is 6.49. The van der Waals surface area contributed by atoms with Gasteiger partial charge in [-0.2, -0.15) is 0 Å². The lowest BCUT2D eigenvalue weighted by atomic mass is 10.0. The first kappa shape index (κ1) is 23.7. The minimum absolute atomic E-state index is 0.0215. The number of amides is 1. The number of carbonyl (C=O) groups excluding carboxylic acids is 3. The Morgan fingerprint density at radius 1 is 0.903 bits per heavy atom. The van der Waals surface area contributed by atoms with Crippen molar-refractivity contribution in [1.29, 1.82) is 0 Å². The lowest BCUT2D eigenvalue weighted by Gasteiger charge is -2.16. The average Bonchev–Trinajstić information content (AvgIpc) is 2.80. The number of nitrogens with one attached hydrogen (secondary N) is 1. The average molecular weight is 431 g/mol. The molecule has 0 aliphatic heterocycles. The van der Waals surface area contributed by atoms with E-state index in [1.165, 1.54) is 46.6 Å². The Labute approximate surface area is 179 Å². The Hall–Kier alpha value is -3.59. The van der Waals surface area contributed by atoms with Crippen LogP contribution in [0.25, 0.3) is 0 Å². The highest BCUT2D eigenvalue weighted by Gasteiger charge is 2.18. The molecule has 2 N–H and O–H groups in total. The summed E-state index contributed by atoms with van der Waals surface area (Å²) >= 11 is 0.